The maximum absolute atomic E-state index is 12.1. The number of nitrogens with one attached hydrogen (secondary N) is 2. The third-order valence-corrected chi connectivity index (χ3v) is 3.31. The molecule has 6 nitrogen and oxygen atoms in total. The van der Waals surface area contributed by atoms with E-state index in [1.165, 1.54) is 6.92 Å². The van der Waals surface area contributed by atoms with Crippen molar-refractivity contribution in [3.8, 4) is 0 Å². The van der Waals surface area contributed by atoms with Crippen LogP contribution in [0.1, 0.15) is 29.8 Å². The van der Waals surface area contributed by atoms with Crippen LogP contribution in [0.4, 0.5) is 11.6 Å². The van der Waals surface area contributed by atoms with Gasteiger partial charge in [-0.25, -0.2) is 4.68 Å². The van der Waals surface area contributed by atoms with Crippen LogP contribution in [0.25, 0.3) is 0 Å². The molecule has 6 heteroatoms. The van der Waals surface area contributed by atoms with Crippen molar-refractivity contribution in [2.24, 2.45) is 0 Å². The molecule has 2 aromatic heterocycles. The average Bonchev–Trinajstić information content (AvgIpc) is 2.86. The fourth-order valence-corrected chi connectivity index (χ4v) is 2.28. The Morgan fingerprint density at radius 3 is 2.61 bits per heavy atom. The highest BCUT2D eigenvalue weighted by Crippen LogP contribution is 2.26. The van der Waals surface area contributed by atoms with Crippen LogP contribution in [0.5, 0.6) is 0 Å². The van der Waals surface area contributed by atoms with E-state index in [-0.39, 0.29) is 5.78 Å². The lowest BCUT2D eigenvalue weighted by Gasteiger charge is -2.11. The number of carbonyl (C=O) groups excluding carboxylic acids is 1. The SMILES string of the molecule is C=C/C=C(\C)Nc1c(C(C)=O)c(NC)nn1Cc1ccncc1. The molecule has 120 valence electrons. The lowest BCUT2D eigenvalue weighted by Crippen LogP contribution is -2.10. The summed E-state index contributed by atoms with van der Waals surface area (Å²) in [6.07, 6.45) is 7.00. The summed E-state index contributed by atoms with van der Waals surface area (Å²) in [6, 6.07) is 3.84. The van der Waals surface area contributed by atoms with E-state index in [9.17, 15) is 4.79 Å². The van der Waals surface area contributed by atoms with Crippen LogP contribution in [0.15, 0.2) is 49.0 Å². The third-order valence-electron chi connectivity index (χ3n) is 3.31. The van der Waals surface area contributed by atoms with Gasteiger partial charge in [-0.2, -0.15) is 5.10 Å². The first kappa shape index (κ1) is 16.5. The maximum atomic E-state index is 12.1. The van der Waals surface area contributed by atoms with Gasteiger partial charge in [-0.1, -0.05) is 12.7 Å². The van der Waals surface area contributed by atoms with Crippen molar-refractivity contribution < 1.29 is 4.79 Å². The van der Waals surface area contributed by atoms with Crippen LogP contribution in [0.2, 0.25) is 0 Å². The minimum Gasteiger partial charge on any atom is -0.371 e. The lowest BCUT2D eigenvalue weighted by atomic mass is 10.2. The number of pyridine rings is 1. The van der Waals surface area contributed by atoms with E-state index in [0.717, 1.165) is 11.3 Å². The van der Waals surface area contributed by atoms with Gasteiger partial charge in [0.15, 0.2) is 11.6 Å². The van der Waals surface area contributed by atoms with Gasteiger partial charge in [-0.3, -0.25) is 9.78 Å². The van der Waals surface area contributed by atoms with E-state index in [2.05, 4.69) is 27.3 Å². The largest absolute Gasteiger partial charge is 0.371 e. The van der Waals surface area contributed by atoms with Gasteiger partial charge in [0.2, 0.25) is 0 Å². The first-order valence-corrected chi connectivity index (χ1v) is 7.31. The average molecular weight is 311 g/mol. The topological polar surface area (TPSA) is 71.8 Å². The van der Waals surface area contributed by atoms with E-state index in [4.69, 9.17) is 0 Å². The number of hydrogen-bond acceptors (Lipinski definition) is 5. The normalized spacial score (nSPS) is 11.2. The molecule has 2 aromatic rings. The van der Waals surface area contributed by atoms with Crippen molar-refractivity contribution in [2.75, 3.05) is 17.7 Å². The van der Waals surface area contributed by atoms with Gasteiger partial charge in [-0.15, -0.1) is 0 Å². The molecule has 0 saturated carbocycles. The summed E-state index contributed by atoms with van der Waals surface area (Å²) in [5, 5.41) is 10.7. The Labute approximate surface area is 135 Å². The number of hydrogen-bond donors (Lipinski definition) is 2. The van der Waals surface area contributed by atoms with Gasteiger partial charge in [0.25, 0.3) is 0 Å². The maximum Gasteiger partial charge on any atom is 0.167 e. The predicted molar refractivity (Wildman–Crippen MR) is 92.7 cm³/mol. The van der Waals surface area contributed by atoms with E-state index in [1.807, 2.05) is 25.1 Å². The fourth-order valence-electron chi connectivity index (χ4n) is 2.28. The molecule has 2 heterocycles. The van der Waals surface area contributed by atoms with Crippen LogP contribution in [0.3, 0.4) is 0 Å². The van der Waals surface area contributed by atoms with Crippen LogP contribution in [0, 0.1) is 0 Å². The zero-order chi connectivity index (χ0) is 16.8. The zero-order valence-corrected chi connectivity index (χ0v) is 13.6. The molecule has 0 aliphatic rings. The van der Waals surface area contributed by atoms with E-state index >= 15 is 0 Å². The number of nitrogens with zero attached hydrogens (tertiary/aromatic N) is 3. The number of rotatable bonds is 7. The number of aromatic nitrogens is 3. The van der Waals surface area contributed by atoms with Crippen molar-refractivity contribution in [1.29, 1.82) is 0 Å². The van der Waals surface area contributed by atoms with Crippen LogP contribution in [-0.2, 0) is 6.54 Å². The molecular weight excluding hydrogens is 290 g/mol. The van der Waals surface area contributed by atoms with Crippen molar-refractivity contribution >= 4 is 17.4 Å². The molecule has 0 aliphatic carbocycles. The quantitative estimate of drug-likeness (QED) is 0.607. The summed E-state index contributed by atoms with van der Waals surface area (Å²) >= 11 is 0. The number of Topliss-reactive ketones (excluding diaryl/α,β-unsaturated/α-hetero) is 1. The summed E-state index contributed by atoms with van der Waals surface area (Å²) in [5.74, 6) is 1.17. The summed E-state index contributed by atoms with van der Waals surface area (Å²) in [7, 11) is 1.75. The van der Waals surface area contributed by atoms with Gasteiger partial charge >= 0.3 is 0 Å². The Morgan fingerprint density at radius 2 is 2.04 bits per heavy atom. The predicted octanol–water partition coefficient (Wildman–Crippen LogP) is 3.07. The Morgan fingerprint density at radius 1 is 1.35 bits per heavy atom. The second-order valence-electron chi connectivity index (χ2n) is 5.10. The van der Waals surface area contributed by atoms with E-state index < -0.39 is 0 Å². The Hall–Kier alpha value is -2.89. The lowest BCUT2D eigenvalue weighted by molar-refractivity contribution is 0.101. The molecule has 0 bridgehead atoms. The number of ketones is 1. The van der Waals surface area contributed by atoms with Gasteiger partial charge < -0.3 is 10.6 Å². The van der Waals surface area contributed by atoms with Crippen molar-refractivity contribution in [1.82, 2.24) is 14.8 Å². The minimum atomic E-state index is -0.0516. The molecule has 2 rings (SSSR count). The molecule has 0 aromatic carbocycles. The minimum absolute atomic E-state index is 0.0516. The molecule has 0 saturated heterocycles. The third kappa shape index (κ3) is 3.85. The highest BCUT2D eigenvalue weighted by molar-refractivity contribution is 6.03. The molecule has 0 amide bonds. The van der Waals surface area contributed by atoms with Crippen molar-refractivity contribution in [2.45, 2.75) is 20.4 Å². The van der Waals surface area contributed by atoms with Crippen LogP contribution >= 0.6 is 0 Å². The standard InChI is InChI=1S/C17H21N5O/c1-5-6-12(2)20-17-15(13(3)23)16(18-4)21-22(17)11-14-7-9-19-10-8-14/h5-10,20H,1,11H2,2-4H3,(H,18,21)/b12-6+. The Bertz CT molecular complexity index is 731. The smallest absolute Gasteiger partial charge is 0.167 e. The second kappa shape index (κ2) is 7.40. The Kier molecular flexibility index (Phi) is 5.30. The van der Waals surface area contributed by atoms with E-state index in [0.29, 0.717) is 23.7 Å². The first-order chi connectivity index (χ1) is 11.1. The van der Waals surface area contributed by atoms with Crippen LogP contribution in [-0.4, -0.2) is 27.6 Å². The fraction of sp³-hybridized carbons (Fsp3) is 0.235. The molecule has 0 atom stereocenters. The zero-order valence-electron chi connectivity index (χ0n) is 13.6. The monoisotopic (exact) mass is 311 g/mol. The van der Waals surface area contributed by atoms with Crippen LogP contribution < -0.4 is 10.6 Å². The Balaban J connectivity index is 2.49. The molecule has 23 heavy (non-hydrogen) atoms. The van der Waals surface area contributed by atoms with Gasteiger partial charge in [0.05, 0.1) is 6.54 Å². The number of allylic oxidation sites excluding steroid dienone is 3. The molecule has 2 N–H and O–H groups in total. The number of carbonyl (C=O) groups is 1. The summed E-state index contributed by atoms with van der Waals surface area (Å²) < 4.78 is 1.78. The highest BCUT2D eigenvalue weighted by Gasteiger charge is 2.21. The summed E-state index contributed by atoms with van der Waals surface area (Å²) in [4.78, 5) is 16.1. The first-order valence-electron chi connectivity index (χ1n) is 7.31. The molecule has 0 unspecified atom stereocenters. The van der Waals surface area contributed by atoms with Gasteiger partial charge in [0, 0.05) is 25.1 Å². The number of anilines is 2. The summed E-state index contributed by atoms with van der Waals surface area (Å²) in [5.41, 5.74) is 2.47. The van der Waals surface area contributed by atoms with E-state index in [1.54, 1.807) is 30.2 Å². The molecule has 0 fully saturated rings. The van der Waals surface area contributed by atoms with Gasteiger partial charge in [-0.05, 0) is 37.6 Å². The second-order valence-corrected chi connectivity index (χ2v) is 5.10. The molecule has 0 spiro atoms. The van der Waals surface area contributed by atoms with Crippen molar-refractivity contribution in [3.05, 3.63) is 60.1 Å². The molecule has 0 aliphatic heterocycles. The van der Waals surface area contributed by atoms with Gasteiger partial charge in [0.1, 0.15) is 11.4 Å². The molecule has 0 radical (unpaired) electrons. The summed E-state index contributed by atoms with van der Waals surface area (Å²) in [6.45, 7) is 7.67. The molecular formula is C17H21N5O. The highest BCUT2D eigenvalue weighted by atomic mass is 16.1. The van der Waals surface area contributed by atoms with Crippen molar-refractivity contribution in [3.63, 3.8) is 0 Å².